The molecule has 126 valence electrons. The summed E-state index contributed by atoms with van der Waals surface area (Å²) in [5.74, 6) is 0. The summed E-state index contributed by atoms with van der Waals surface area (Å²) in [5, 5.41) is 11.6. The number of hydrogen-bond acceptors (Lipinski definition) is 4. The monoisotopic (exact) mass is 320 g/mol. The minimum atomic E-state index is -1.06. The van der Waals surface area contributed by atoms with Crippen molar-refractivity contribution < 1.29 is 19.2 Å². The number of pyridine rings is 1. The predicted octanol–water partition coefficient (Wildman–Crippen LogP) is 2.20. The van der Waals surface area contributed by atoms with Gasteiger partial charge in [0.15, 0.2) is 0 Å². The van der Waals surface area contributed by atoms with E-state index in [9.17, 15) is 4.79 Å². The largest absolute Gasteiger partial charge is 0.495 e. The molecular formula is C16H25BN2O4. The van der Waals surface area contributed by atoms with Crippen LogP contribution in [0.3, 0.4) is 0 Å². The first kappa shape index (κ1) is 17.8. The van der Waals surface area contributed by atoms with Crippen LogP contribution in [0.25, 0.3) is 0 Å². The van der Waals surface area contributed by atoms with Crippen molar-refractivity contribution in [1.82, 2.24) is 10.3 Å². The molecule has 1 aromatic heterocycles. The van der Waals surface area contributed by atoms with Crippen molar-refractivity contribution in [1.29, 1.82) is 0 Å². The molecule has 2 rings (SSSR count). The van der Waals surface area contributed by atoms with E-state index in [2.05, 4.69) is 24.1 Å². The topological polar surface area (TPSA) is 80.7 Å². The molecule has 1 fully saturated rings. The first-order valence-corrected chi connectivity index (χ1v) is 7.77. The van der Waals surface area contributed by atoms with Crippen LogP contribution < -0.4 is 10.8 Å². The first-order chi connectivity index (χ1) is 10.6. The number of aromatic nitrogens is 1. The van der Waals surface area contributed by atoms with Gasteiger partial charge in [-0.3, -0.25) is 4.98 Å². The van der Waals surface area contributed by atoms with Gasteiger partial charge in [-0.2, -0.15) is 0 Å². The highest BCUT2D eigenvalue weighted by Crippen LogP contribution is 2.31. The molecule has 23 heavy (non-hydrogen) atoms. The van der Waals surface area contributed by atoms with Crippen molar-refractivity contribution in [3.8, 4) is 0 Å². The lowest BCUT2D eigenvalue weighted by Gasteiger charge is -2.33. The van der Waals surface area contributed by atoms with Crippen LogP contribution in [0.15, 0.2) is 18.3 Å². The highest BCUT2D eigenvalue weighted by molar-refractivity contribution is 6.61. The van der Waals surface area contributed by atoms with E-state index in [1.54, 1.807) is 6.20 Å². The third-order valence-electron chi connectivity index (χ3n) is 3.76. The van der Waals surface area contributed by atoms with Gasteiger partial charge in [0.05, 0.1) is 11.7 Å². The zero-order chi connectivity index (χ0) is 17.3. The molecule has 0 spiro atoms. The fourth-order valence-electron chi connectivity index (χ4n) is 2.47. The van der Waals surface area contributed by atoms with E-state index in [1.165, 1.54) is 0 Å². The second-order valence-corrected chi connectivity index (χ2v) is 7.88. The van der Waals surface area contributed by atoms with E-state index < -0.39 is 13.2 Å². The number of rotatable bonds is 3. The van der Waals surface area contributed by atoms with Crippen molar-refractivity contribution in [2.45, 2.75) is 40.7 Å². The van der Waals surface area contributed by atoms with Crippen LogP contribution in [-0.4, -0.2) is 36.5 Å². The van der Waals surface area contributed by atoms with Crippen LogP contribution in [-0.2, 0) is 9.31 Å². The number of carboxylic acid groups (broad SMARTS) is 1. The van der Waals surface area contributed by atoms with E-state index in [1.807, 2.05) is 32.9 Å². The van der Waals surface area contributed by atoms with Crippen LogP contribution in [0.1, 0.15) is 46.4 Å². The molecule has 2 N–H and O–H groups in total. The Morgan fingerprint density at radius 1 is 1.35 bits per heavy atom. The van der Waals surface area contributed by atoms with Crippen LogP contribution in [0.2, 0.25) is 0 Å². The van der Waals surface area contributed by atoms with Crippen LogP contribution in [0.4, 0.5) is 4.79 Å². The third kappa shape index (κ3) is 4.69. The zero-order valence-corrected chi connectivity index (χ0v) is 14.4. The SMILES string of the molecule is CC1(C)COB(c2ccc(C(NC(=O)O)C(C)(C)C)nc2)OC1. The maximum Gasteiger partial charge on any atom is 0.495 e. The molecular weight excluding hydrogens is 295 g/mol. The maximum absolute atomic E-state index is 11.0. The summed E-state index contributed by atoms with van der Waals surface area (Å²) in [6.07, 6.45) is 0.637. The van der Waals surface area contributed by atoms with Gasteiger partial charge in [0.25, 0.3) is 0 Å². The minimum absolute atomic E-state index is 0.0204. The van der Waals surface area contributed by atoms with Crippen molar-refractivity contribution >= 4 is 18.7 Å². The minimum Gasteiger partial charge on any atom is -0.465 e. The Kier molecular flexibility index (Phi) is 5.01. The van der Waals surface area contributed by atoms with E-state index in [-0.39, 0.29) is 16.9 Å². The molecule has 0 bridgehead atoms. The molecule has 1 amide bonds. The quantitative estimate of drug-likeness (QED) is 0.835. The number of nitrogens with zero attached hydrogens (tertiary/aromatic N) is 1. The van der Waals surface area contributed by atoms with E-state index in [4.69, 9.17) is 14.4 Å². The smallest absolute Gasteiger partial charge is 0.465 e. The number of amides is 1. The average molecular weight is 320 g/mol. The summed E-state index contributed by atoms with van der Waals surface area (Å²) < 4.78 is 11.5. The molecule has 7 heteroatoms. The van der Waals surface area contributed by atoms with Crippen molar-refractivity contribution in [2.24, 2.45) is 10.8 Å². The Hall–Kier alpha value is -1.60. The Labute approximate surface area is 137 Å². The molecule has 2 heterocycles. The molecule has 1 unspecified atom stereocenters. The van der Waals surface area contributed by atoms with Gasteiger partial charge in [-0.05, 0) is 11.5 Å². The summed E-state index contributed by atoms with van der Waals surface area (Å²) >= 11 is 0. The zero-order valence-electron chi connectivity index (χ0n) is 14.4. The van der Waals surface area contributed by atoms with Gasteiger partial charge in [0.2, 0.25) is 0 Å². The number of hydrogen-bond donors (Lipinski definition) is 2. The second-order valence-electron chi connectivity index (χ2n) is 7.88. The summed E-state index contributed by atoms with van der Waals surface area (Å²) in [7, 11) is -0.412. The normalized spacial score (nSPS) is 19.3. The highest BCUT2D eigenvalue weighted by Gasteiger charge is 2.34. The van der Waals surface area contributed by atoms with Crippen molar-refractivity contribution in [2.75, 3.05) is 13.2 Å². The van der Waals surface area contributed by atoms with Crippen molar-refractivity contribution in [3.63, 3.8) is 0 Å². The van der Waals surface area contributed by atoms with Crippen LogP contribution >= 0.6 is 0 Å². The fourth-order valence-corrected chi connectivity index (χ4v) is 2.47. The lowest BCUT2D eigenvalue weighted by Crippen LogP contribution is -2.47. The Morgan fingerprint density at radius 3 is 2.39 bits per heavy atom. The lowest BCUT2D eigenvalue weighted by atomic mass is 9.76. The number of carbonyl (C=O) groups is 1. The molecule has 0 saturated carbocycles. The van der Waals surface area contributed by atoms with Gasteiger partial charge in [-0.15, -0.1) is 0 Å². The van der Waals surface area contributed by atoms with E-state index in [0.717, 1.165) is 5.46 Å². The van der Waals surface area contributed by atoms with Gasteiger partial charge in [0.1, 0.15) is 0 Å². The lowest BCUT2D eigenvalue weighted by molar-refractivity contribution is 0.0343. The first-order valence-electron chi connectivity index (χ1n) is 7.77. The standard InChI is InChI=1S/C16H25BN2O4/c1-15(2,3)13(19-14(20)21)12-7-6-11(8-18-12)17-22-9-16(4,5)10-23-17/h6-8,13,19H,9-10H2,1-5H3,(H,20,21). The fraction of sp³-hybridized carbons (Fsp3) is 0.625. The Bertz CT molecular complexity index is 544. The molecule has 0 aromatic carbocycles. The average Bonchev–Trinajstić information content (AvgIpc) is 2.44. The molecule has 1 aliphatic rings. The Morgan fingerprint density at radius 2 is 1.96 bits per heavy atom. The molecule has 1 aromatic rings. The molecule has 1 atom stereocenters. The van der Waals surface area contributed by atoms with Gasteiger partial charge < -0.3 is 19.7 Å². The summed E-state index contributed by atoms with van der Waals surface area (Å²) in [6.45, 7) is 11.4. The predicted molar refractivity (Wildman–Crippen MR) is 88.7 cm³/mol. The van der Waals surface area contributed by atoms with E-state index >= 15 is 0 Å². The van der Waals surface area contributed by atoms with Gasteiger partial charge in [-0.25, -0.2) is 4.79 Å². The molecule has 1 aliphatic heterocycles. The van der Waals surface area contributed by atoms with Crippen LogP contribution in [0.5, 0.6) is 0 Å². The van der Waals surface area contributed by atoms with Gasteiger partial charge >= 0.3 is 13.2 Å². The molecule has 0 aliphatic carbocycles. The van der Waals surface area contributed by atoms with Crippen LogP contribution in [0, 0.1) is 10.8 Å². The molecule has 0 radical (unpaired) electrons. The van der Waals surface area contributed by atoms with Crippen molar-refractivity contribution in [3.05, 3.63) is 24.0 Å². The van der Waals surface area contributed by atoms with E-state index in [0.29, 0.717) is 18.9 Å². The highest BCUT2D eigenvalue weighted by atomic mass is 16.6. The molecule has 6 nitrogen and oxygen atoms in total. The Balaban J connectivity index is 2.13. The third-order valence-corrected chi connectivity index (χ3v) is 3.76. The number of nitrogens with one attached hydrogen (secondary N) is 1. The second kappa shape index (κ2) is 6.49. The summed E-state index contributed by atoms with van der Waals surface area (Å²) in [6, 6.07) is 3.32. The summed E-state index contributed by atoms with van der Waals surface area (Å²) in [5.41, 5.74) is 1.26. The van der Waals surface area contributed by atoms with Gasteiger partial charge in [-0.1, -0.05) is 40.7 Å². The van der Waals surface area contributed by atoms with Gasteiger partial charge in [0, 0.05) is 30.3 Å². The maximum atomic E-state index is 11.0. The summed E-state index contributed by atoms with van der Waals surface area (Å²) in [4.78, 5) is 15.5. The molecule has 1 saturated heterocycles.